The maximum absolute atomic E-state index is 12.1. The van der Waals surface area contributed by atoms with Crippen molar-refractivity contribution in [3.05, 3.63) is 29.3 Å². The van der Waals surface area contributed by atoms with Crippen LogP contribution in [0, 0.1) is 11.3 Å². The number of rotatable bonds is 4. The van der Waals surface area contributed by atoms with Gasteiger partial charge in [-0.1, -0.05) is 6.07 Å². The first-order chi connectivity index (χ1) is 11.8. The lowest BCUT2D eigenvalue weighted by Crippen LogP contribution is -2.50. The molecule has 0 aromatic heterocycles. The Balaban J connectivity index is 1.81. The van der Waals surface area contributed by atoms with Gasteiger partial charge in [-0.3, -0.25) is 4.90 Å². The number of hydrogen-bond acceptors (Lipinski definition) is 5. The second-order valence-corrected chi connectivity index (χ2v) is 7.21. The van der Waals surface area contributed by atoms with Gasteiger partial charge in [0.05, 0.1) is 12.7 Å². The van der Waals surface area contributed by atoms with E-state index < -0.39 is 5.60 Å². The molecule has 1 heterocycles. The molecule has 1 aliphatic rings. The Morgan fingerprint density at radius 1 is 1.24 bits per heavy atom. The van der Waals surface area contributed by atoms with Crippen LogP contribution in [-0.4, -0.2) is 61.3 Å². The standard InChI is InChI=1S/C19H27N3O3/c1-19(2,3)25-18(23)22-11-9-21(10-12-22)8-7-15-5-6-16(14-20)17(13-15)24-4/h5-6,13H,7-12H2,1-4H3. The van der Waals surface area contributed by atoms with Crippen molar-refractivity contribution < 1.29 is 14.3 Å². The highest BCUT2D eigenvalue weighted by molar-refractivity contribution is 5.68. The summed E-state index contributed by atoms with van der Waals surface area (Å²) in [5, 5.41) is 9.03. The molecule has 0 spiro atoms. The van der Waals surface area contributed by atoms with Crippen LogP contribution in [0.5, 0.6) is 5.75 Å². The second kappa shape index (κ2) is 8.21. The number of piperazine rings is 1. The Bertz CT molecular complexity index is 638. The number of hydrogen-bond donors (Lipinski definition) is 0. The molecule has 1 aromatic carbocycles. The number of methoxy groups -OCH3 is 1. The van der Waals surface area contributed by atoms with E-state index in [0.717, 1.165) is 31.6 Å². The summed E-state index contributed by atoms with van der Waals surface area (Å²) in [5.74, 6) is 0.620. The molecule has 1 aliphatic heterocycles. The van der Waals surface area contributed by atoms with Gasteiger partial charge in [-0.2, -0.15) is 5.26 Å². The van der Waals surface area contributed by atoms with E-state index in [-0.39, 0.29) is 6.09 Å². The summed E-state index contributed by atoms with van der Waals surface area (Å²) < 4.78 is 10.7. The second-order valence-electron chi connectivity index (χ2n) is 7.21. The lowest BCUT2D eigenvalue weighted by Gasteiger charge is -2.35. The van der Waals surface area contributed by atoms with Crippen LogP contribution in [-0.2, 0) is 11.2 Å². The molecule has 0 N–H and O–H groups in total. The van der Waals surface area contributed by atoms with Crippen LogP contribution < -0.4 is 4.74 Å². The first kappa shape index (κ1) is 19.1. The topological polar surface area (TPSA) is 65.8 Å². The van der Waals surface area contributed by atoms with E-state index in [1.807, 2.05) is 32.9 Å². The van der Waals surface area contributed by atoms with E-state index in [0.29, 0.717) is 24.4 Å². The van der Waals surface area contributed by atoms with Gasteiger partial charge in [0.25, 0.3) is 0 Å². The Morgan fingerprint density at radius 2 is 1.92 bits per heavy atom. The number of ether oxygens (including phenoxy) is 2. The summed E-state index contributed by atoms with van der Waals surface area (Å²) in [6, 6.07) is 7.82. The van der Waals surface area contributed by atoms with Crippen LogP contribution in [0.2, 0.25) is 0 Å². The molecule has 0 atom stereocenters. The molecule has 1 amide bonds. The number of carbonyl (C=O) groups excluding carboxylic acids is 1. The number of carbonyl (C=O) groups is 1. The van der Waals surface area contributed by atoms with Crippen molar-refractivity contribution in [1.29, 1.82) is 5.26 Å². The zero-order valence-corrected chi connectivity index (χ0v) is 15.5. The fourth-order valence-corrected chi connectivity index (χ4v) is 2.75. The predicted octanol–water partition coefficient (Wildman–Crippen LogP) is 2.66. The molecule has 136 valence electrons. The van der Waals surface area contributed by atoms with Gasteiger partial charge in [0.15, 0.2) is 0 Å². The van der Waals surface area contributed by atoms with E-state index in [1.165, 1.54) is 0 Å². The maximum atomic E-state index is 12.1. The molecule has 1 aromatic rings. The van der Waals surface area contributed by atoms with Crippen molar-refractivity contribution in [3.63, 3.8) is 0 Å². The monoisotopic (exact) mass is 345 g/mol. The van der Waals surface area contributed by atoms with Gasteiger partial charge >= 0.3 is 6.09 Å². The zero-order valence-electron chi connectivity index (χ0n) is 15.5. The molecular weight excluding hydrogens is 318 g/mol. The van der Waals surface area contributed by atoms with Crippen molar-refractivity contribution >= 4 is 6.09 Å². The molecule has 0 radical (unpaired) electrons. The first-order valence-electron chi connectivity index (χ1n) is 8.59. The molecule has 0 bridgehead atoms. The summed E-state index contributed by atoms with van der Waals surface area (Å²) in [6.07, 6.45) is 0.651. The lowest BCUT2D eigenvalue weighted by atomic mass is 10.1. The molecule has 0 aliphatic carbocycles. The van der Waals surface area contributed by atoms with E-state index in [9.17, 15) is 4.79 Å². The SMILES string of the molecule is COc1cc(CCN2CCN(C(=O)OC(C)(C)C)CC2)ccc1C#N. The van der Waals surface area contributed by atoms with E-state index in [1.54, 1.807) is 18.1 Å². The van der Waals surface area contributed by atoms with Crippen LogP contribution in [0.25, 0.3) is 0 Å². The van der Waals surface area contributed by atoms with Crippen molar-refractivity contribution in [1.82, 2.24) is 9.80 Å². The number of amides is 1. The van der Waals surface area contributed by atoms with Crippen LogP contribution in [0.4, 0.5) is 4.79 Å². The molecule has 25 heavy (non-hydrogen) atoms. The van der Waals surface area contributed by atoms with E-state index in [2.05, 4.69) is 11.0 Å². The summed E-state index contributed by atoms with van der Waals surface area (Å²) in [7, 11) is 1.58. The number of nitrogens with zero attached hydrogens (tertiary/aromatic N) is 3. The van der Waals surface area contributed by atoms with Crippen LogP contribution in [0.15, 0.2) is 18.2 Å². The highest BCUT2D eigenvalue weighted by atomic mass is 16.6. The largest absolute Gasteiger partial charge is 0.495 e. The number of nitriles is 1. The van der Waals surface area contributed by atoms with Crippen molar-refractivity contribution in [2.45, 2.75) is 32.8 Å². The summed E-state index contributed by atoms with van der Waals surface area (Å²) in [6.45, 7) is 9.61. The molecule has 6 nitrogen and oxygen atoms in total. The molecule has 2 rings (SSSR count). The van der Waals surface area contributed by atoms with Crippen molar-refractivity contribution in [2.75, 3.05) is 39.8 Å². The number of benzene rings is 1. The molecule has 1 fully saturated rings. The van der Waals surface area contributed by atoms with Crippen LogP contribution in [0.3, 0.4) is 0 Å². The minimum absolute atomic E-state index is 0.232. The minimum Gasteiger partial charge on any atom is -0.495 e. The minimum atomic E-state index is -0.455. The van der Waals surface area contributed by atoms with Crippen molar-refractivity contribution in [2.24, 2.45) is 0 Å². The quantitative estimate of drug-likeness (QED) is 0.839. The first-order valence-corrected chi connectivity index (χ1v) is 8.59. The normalized spacial score (nSPS) is 15.6. The zero-order chi connectivity index (χ0) is 18.4. The summed E-state index contributed by atoms with van der Waals surface area (Å²) >= 11 is 0. The molecular formula is C19H27N3O3. The third-order valence-corrected chi connectivity index (χ3v) is 4.13. The van der Waals surface area contributed by atoms with Gasteiger partial charge in [0.2, 0.25) is 0 Å². The van der Waals surface area contributed by atoms with Gasteiger partial charge in [-0.25, -0.2) is 4.79 Å². The Labute approximate surface area is 149 Å². The Kier molecular flexibility index (Phi) is 6.27. The van der Waals surface area contributed by atoms with Crippen LogP contribution in [0.1, 0.15) is 31.9 Å². The third kappa shape index (κ3) is 5.64. The highest BCUT2D eigenvalue weighted by Crippen LogP contribution is 2.20. The Morgan fingerprint density at radius 3 is 2.48 bits per heavy atom. The molecule has 1 saturated heterocycles. The van der Waals surface area contributed by atoms with Gasteiger partial charge in [-0.15, -0.1) is 0 Å². The van der Waals surface area contributed by atoms with E-state index >= 15 is 0 Å². The van der Waals surface area contributed by atoms with Gasteiger partial charge in [0.1, 0.15) is 17.4 Å². The molecule has 6 heteroatoms. The fraction of sp³-hybridized carbons (Fsp3) is 0.579. The third-order valence-electron chi connectivity index (χ3n) is 4.13. The van der Waals surface area contributed by atoms with Gasteiger partial charge in [-0.05, 0) is 44.9 Å². The van der Waals surface area contributed by atoms with Gasteiger partial charge in [0, 0.05) is 32.7 Å². The fourth-order valence-electron chi connectivity index (χ4n) is 2.75. The highest BCUT2D eigenvalue weighted by Gasteiger charge is 2.25. The lowest BCUT2D eigenvalue weighted by molar-refractivity contribution is 0.0146. The Hall–Kier alpha value is -2.26. The van der Waals surface area contributed by atoms with Crippen LogP contribution >= 0.6 is 0 Å². The predicted molar refractivity (Wildman–Crippen MR) is 95.7 cm³/mol. The average molecular weight is 345 g/mol. The average Bonchev–Trinajstić information content (AvgIpc) is 2.58. The smallest absolute Gasteiger partial charge is 0.410 e. The van der Waals surface area contributed by atoms with E-state index in [4.69, 9.17) is 14.7 Å². The van der Waals surface area contributed by atoms with Gasteiger partial charge < -0.3 is 14.4 Å². The summed E-state index contributed by atoms with van der Waals surface area (Å²) in [4.78, 5) is 16.2. The maximum Gasteiger partial charge on any atom is 0.410 e. The molecule has 0 saturated carbocycles. The molecule has 0 unspecified atom stereocenters. The van der Waals surface area contributed by atoms with Crippen molar-refractivity contribution in [3.8, 4) is 11.8 Å². The summed E-state index contributed by atoms with van der Waals surface area (Å²) in [5.41, 5.74) is 1.24.